The van der Waals surface area contributed by atoms with E-state index in [9.17, 15) is 9.18 Å². The highest BCUT2D eigenvalue weighted by molar-refractivity contribution is 5.84. The number of fused-ring (bicyclic) bond motifs is 1. The van der Waals surface area contributed by atoms with Gasteiger partial charge < -0.3 is 14.6 Å². The van der Waals surface area contributed by atoms with Crippen LogP contribution in [0.5, 0.6) is 0 Å². The molecule has 5 nitrogen and oxygen atoms in total. The Morgan fingerprint density at radius 1 is 1.38 bits per heavy atom. The van der Waals surface area contributed by atoms with E-state index in [0.29, 0.717) is 12.6 Å². The molecule has 0 saturated carbocycles. The van der Waals surface area contributed by atoms with Gasteiger partial charge in [0.2, 0.25) is 5.91 Å². The van der Waals surface area contributed by atoms with Gasteiger partial charge in [0, 0.05) is 50.4 Å². The quantitative estimate of drug-likeness (QED) is 0.825. The number of aromatic nitrogens is 1. The first-order valence-electron chi connectivity index (χ1n) is 9.31. The second-order valence-electron chi connectivity index (χ2n) is 7.12. The van der Waals surface area contributed by atoms with Gasteiger partial charge in [0.05, 0.1) is 0 Å². The van der Waals surface area contributed by atoms with Gasteiger partial charge in [0.25, 0.3) is 0 Å². The van der Waals surface area contributed by atoms with Gasteiger partial charge >= 0.3 is 0 Å². The summed E-state index contributed by atoms with van der Waals surface area (Å²) in [6.07, 6.45) is 6.58. The highest BCUT2D eigenvalue weighted by Gasteiger charge is 2.23. The first kappa shape index (κ1) is 18.9. The molecule has 3 rings (SSSR count). The van der Waals surface area contributed by atoms with Crippen molar-refractivity contribution in [3.8, 4) is 0 Å². The molecule has 1 amide bonds. The van der Waals surface area contributed by atoms with Gasteiger partial charge in [-0.3, -0.25) is 9.69 Å². The van der Waals surface area contributed by atoms with Crippen molar-refractivity contribution in [2.24, 2.45) is 7.05 Å². The maximum atomic E-state index is 13.7. The number of nitrogens with zero attached hydrogens (tertiary/aromatic N) is 2. The Balaban J connectivity index is 1.67. The average molecular weight is 361 g/mol. The summed E-state index contributed by atoms with van der Waals surface area (Å²) in [5.74, 6) is -0.264. The van der Waals surface area contributed by atoms with E-state index in [1.807, 2.05) is 13.1 Å². The van der Waals surface area contributed by atoms with Crippen molar-refractivity contribution in [3.05, 3.63) is 35.8 Å². The van der Waals surface area contributed by atoms with E-state index >= 15 is 0 Å². The fraction of sp³-hybridized carbons (Fsp3) is 0.550. The van der Waals surface area contributed by atoms with E-state index in [1.165, 1.54) is 26.0 Å². The van der Waals surface area contributed by atoms with Crippen molar-refractivity contribution in [1.29, 1.82) is 0 Å². The van der Waals surface area contributed by atoms with E-state index < -0.39 is 0 Å². The second-order valence-corrected chi connectivity index (χ2v) is 7.12. The van der Waals surface area contributed by atoms with Crippen molar-refractivity contribution < 1.29 is 13.9 Å². The third kappa shape index (κ3) is 4.43. The van der Waals surface area contributed by atoms with Crippen LogP contribution in [0.3, 0.4) is 0 Å². The summed E-state index contributed by atoms with van der Waals surface area (Å²) in [5.41, 5.74) is 2.22. The maximum Gasteiger partial charge on any atom is 0.245 e. The first-order chi connectivity index (χ1) is 12.6. The predicted octanol–water partition coefficient (Wildman–Crippen LogP) is 2.82. The molecule has 1 saturated heterocycles. The molecular weight excluding hydrogens is 333 g/mol. The van der Waals surface area contributed by atoms with Crippen LogP contribution in [0.1, 0.15) is 31.2 Å². The van der Waals surface area contributed by atoms with Crippen molar-refractivity contribution in [2.75, 3.05) is 26.8 Å². The molecule has 1 unspecified atom stereocenters. The zero-order chi connectivity index (χ0) is 18.5. The lowest BCUT2D eigenvalue weighted by atomic mass is 9.98. The number of aryl methyl sites for hydroxylation is 1. The molecule has 0 bridgehead atoms. The lowest BCUT2D eigenvalue weighted by molar-refractivity contribution is -0.124. The summed E-state index contributed by atoms with van der Waals surface area (Å²) >= 11 is 0. The fourth-order valence-corrected chi connectivity index (χ4v) is 3.95. The van der Waals surface area contributed by atoms with Crippen LogP contribution >= 0.6 is 0 Å². The Labute approximate surface area is 154 Å². The number of piperidine rings is 1. The highest BCUT2D eigenvalue weighted by atomic mass is 19.1. The number of hydrogen-bond donors (Lipinski definition) is 1. The number of carbonyl (C=O) groups is 1. The van der Waals surface area contributed by atoms with Gasteiger partial charge in [-0.15, -0.1) is 0 Å². The third-order valence-electron chi connectivity index (χ3n) is 5.23. The van der Waals surface area contributed by atoms with Gasteiger partial charge in [0.1, 0.15) is 12.4 Å². The Morgan fingerprint density at radius 3 is 3.04 bits per heavy atom. The Morgan fingerprint density at radius 2 is 2.23 bits per heavy atom. The number of benzene rings is 1. The van der Waals surface area contributed by atoms with Gasteiger partial charge in [-0.1, -0.05) is 6.42 Å². The molecule has 1 aromatic carbocycles. The number of carbonyl (C=O) groups excluding carboxylic acids is 1. The number of methoxy groups -OCH3 is 1. The molecule has 1 aliphatic rings. The zero-order valence-electron chi connectivity index (χ0n) is 15.6. The molecule has 0 aliphatic carbocycles. The third-order valence-corrected chi connectivity index (χ3v) is 5.23. The Hall–Kier alpha value is -1.92. The molecular formula is C20H28FN3O2. The van der Waals surface area contributed by atoms with E-state index in [-0.39, 0.29) is 18.3 Å². The van der Waals surface area contributed by atoms with E-state index in [4.69, 9.17) is 4.74 Å². The summed E-state index contributed by atoms with van der Waals surface area (Å²) in [6, 6.07) is 5.43. The smallest absolute Gasteiger partial charge is 0.245 e. The Bertz CT molecular complexity index is 759. The van der Waals surface area contributed by atoms with E-state index in [2.05, 4.69) is 21.0 Å². The van der Waals surface area contributed by atoms with E-state index in [0.717, 1.165) is 42.4 Å². The normalized spacial score (nSPS) is 18.3. The molecule has 1 aromatic heterocycles. The number of rotatable bonds is 7. The molecule has 1 N–H and O–H groups in total. The summed E-state index contributed by atoms with van der Waals surface area (Å²) in [4.78, 5) is 14.0. The van der Waals surface area contributed by atoms with Crippen LogP contribution in [-0.4, -0.2) is 48.2 Å². The minimum Gasteiger partial charge on any atom is -0.375 e. The second kappa shape index (κ2) is 8.64. The highest BCUT2D eigenvalue weighted by Crippen LogP contribution is 2.27. The molecule has 0 radical (unpaired) electrons. The summed E-state index contributed by atoms with van der Waals surface area (Å²) in [5, 5.41) is 3.90. The summed E-state index contributed by atoms with van der Waals surface area (Å²) < 4.78 is 20.6. The number of amides is 1. The maximum absolute atomic E-state index is 13.7. The van der Waals surface area contributed by atoms with Crippen LogP contribution in [0.15, 0.2) is 24.4 Å². The van der Waals surface area contributed by atoms with Crippen molar-refractivity contribution in [2.45, 2.75) is 38.3 Å². The average Bonchev–Trinajstić information content (AvgIpc) is 2.92. The summed E-state index contributed by atoms with van der Waals surface area (Å²) in [7, 11) is 3.53. The fourth-order valence-electron chi connectivity index (χ4n) is 3.95. The minimum absolute atomic E-state index is 0.0700. The van der Waals surface area contributed by atoms with Gasteiger partial charge in [-0.05, 0) is 49.6 Å². The number of nitrogens with one attached hydrogen (secondary N) is 1. The van der Waals surface area contributed by atoms with Crippen LogP contribution < -0.4 is 5.32 Å². The van der Waals surface area contributed by atoms with Gasteiger partial charge in [-0.2, -0.15) is 0 Å². The molecule has 26 heavy (non-hydrogen) atoms. The predicted molar refractivity (Wildman–Crippen MR) is 100 cm³/mol. The minimum atomic E-state index is -0.194. The Kier molecular flexibility index (Phi) is 6.27. The van der Waals surface area contributed by atoms with Crippen molar-refractivity contribution in [1.82, 2.24) is 14.8 Å². The molecule has 1 aliphatic heterocycles. The number of hydrogen-bond acceptors (Lipinski definition) is 3. The van der Waals surface area contributed by atoms with Crippen LogP contribution in [0.2, 0.25) is 0 Å². The first-order valence-corrected chi connectivity index (χ1v) is 9.31. The largest absolute Gasteiger partial charge is 0.375 e. The van der Waals surface area contributed by atoms with Crippen LogP contribution in [0, 0.1) is 5.82 Å². The topological polar surface area (TPSA) is 46.5 Å². The number of halogens is 1. The van der Waals surface area contributed by atoms with Crippen LogP contribution in [0.25, 0.3) is 10.9 Å². The van der Waals surface area contributed by atoms with Gasteiger partial charge in [0.15, 0.2) is 0 Å². The number of likely N-dealkylation sites (tertiary alicyclic amines) is 1. The summed E-state index contributed by atoms with van der Waals surface area (Å²) in [6.45, 7) is 2.63. The van der Waals surface area contributed by atoms with Crippen LogP contribution in [-0.2, 0) is 23.1 Å². The lowest BCUT2D eigenvalue weighted by Gasteiger charge is -2.35. The molecule has 142 valence electrons. The molecule has 6 heteroatoms. The molecule has 2 heterocycles. The van der Waals surface area contributed by atoms with E-state index in [1.54, 1.807) is 6.07 Å². The van der Waals surface area contributed by atoms with Crippen LogP contribution in [0.4, 0.5) is 4.39 Å². The van der Waals surface area contributed by atoms with Crippen molar-refractivity contribution >= 4 is 16.8 Å². The SMILES string of the molecule is COCC(=O)NCCC1CCCCN1Cc1cn(C)c2ccc(F)cc12. The molecule has 1 atom stereocenters. The lowest BCUT2D eigenvalue weighted by Crippen LogP contribution is -2.41. The number of ether oxygens (including phenoxy) is 1. The molecule has 2 aromatic rings. The molecule has 0 spiro atoms. The van der Waals surface area contributed by atoms with Crippen molar-refractivity contribution in [3.63, 3.8) is 0 Å². The van der Waals surface area contributed by atoms with Gasteiger partial charge in [-0.25, -0.2) is 4.39 Å². The standard InChI is InChI=1S/C20H28FN3O2/c1-23-12-15(18-11-16(21)6-7-19(18)23)13-24-10-4-3-5-17(24)8-9-22-20(25)14-26-2/h6-7,11-12,17H,3-5,8-10,13-14H2,1-2H3,(H,22,25). The molecule has 1 fully saturated rings. The monoisotopic (exact) mass is 361 g/mol. The zero-order valence-corrected chi connectivity index (χ0v) is 15.6.